The number of para-hydroxylation sites is 2. The van der Waals surface area contributed by atoms with Crippen LogP contribution in [-0.4, -0.2) is 37.5 Å². The van der Waals surface area contributed by atoms with Crippen molar-refractivity contribution in [2.24, 2.45) is 5.92 Å². The van der Waals surface area contributed by atoms with Gasteiger partial charge in [-0.3, -0.25) is 14.4 Å². The molecule has 29 heavy (non-hydrogen) atoms. The van der Waals surface area contributed by atoms with Gasteiger partial charge in [0.25, 0.3) is 5.91 Å². The minimum absolute atomic E-state index is 0.0710. The van der Waals surface area contributed by atoms with Gasteiger partial charge >= 0.3 is 5.97 Å². The van der Waals surface area contributed by atoms with Gasteiger partial charge in [-0.25, -0.2) is 0 Å². The van der Waals surface area contributed by atoms with Gasteiger partial charge in [0.05, 0.1) is 18.2 Å². The summed E-state index contributed by atoms with van der Waals surface area (Å²) >= 11 is 0. The van der Waals surface area contributed by atoms with Crippen LogP contribution in [0.4, 0.5) is 11.4 Å². The van der Waals surface area contributed by atoms with E-state index in [9.17, 15) is 14.4 Å². The van der Waals surface area contributed by atoms with Crippen molar-refractivity contribution in [1.82, 2.24) is 0 Å². The number of anilines is 2. The Labute approximate surface area is 169 Å². The van der Waals surface area contributed by atoms with E-state index in [0.717, 1.165) is 11.3 Å². The van der Waals surface area contributed by atoms with E-state index in [1.165, 1.54) is 0 Å². The Morgan fingerprint density at radius 2 is 1.97 bits per heavy atom. The molecular formula is C22H24N2O5. The first kappa shape index (κ1) is 20.4. The highest BCUT2D eigenvalue weighted by atomic mass is 16.5. The molecule has 1 atom stereocenters. The first-order valence-electron chi connectivity index (χ1n) is 9.53. The lowest BCUT2D eigenvalue weighted by Gasteiger charge is -2.17. The Balaban J connectivity index is 1.53. The topological polar surface area (TPSA) is 84.9 Å². The van der Waals surface area contributed by atoms with Gasteiger partial charge in [0.15, 0.2) is 6.61 Å². The van der Waals surface area contributed by atoms with Gasteiger partial charge in [-0.05, 0) is 43.7 Å². The standard InChI is InChI=1S/C22H24N2O5/c1-3-28-19-10-5-4-9-18(19)23-20(25)14-29-22(27)16-12-21(26)24(13-16)17-8-6-7-15(2)11-17/h4-11,16H,3,12-14H2,1-2H3,(H,23,25)/t16-/m0/s1. The van der Waals surface area contributed by atoms with Gasteiger partial charge in [-0.1, -0.05) is 24.3 Å². The lowest BCUT2D eigenvalue weighted by molar-refractivity contribution is -0.151. The first-order chi connectivity index (χ1) is 14.0. The monoisotopic (exact) mass is 396 g/mol. The second kappa shape index (κ2) is 9.23. The fourth-order valence-electron chi connectivity index (χ4n) is 3.20. The molecule has 2 aromatic rings. The molecule has 2 aromatic carbocycles. The molecule has 7 heteroatoms. The Morgan fingerprint density at radius 3 is 2.72 bits per heavy atom. The summed E-state index contributed by atoms with van der Waals surface area (Å²) in [5.74, 6) is -1.20. The number of aryl methyl sites for hydroxylation is 1. The molecule has 0 bridgehead atoms. The summed E-state index contributed by atoms with van der Waals surface area (Å²) in [6.45, 7) is 4.08. The van der Waals surface area contributed by atoms with Crippen molar-refractivity contribution in [3.05, 3.63) is 54.1 Å². The van der Waals surface area contributed by atoms with Crippen LogP contribution in [0.5, 0.6) is 5.75 Å². The van der Waals surface area contributed by atoms with Crippen molar-refractivity contribution in [3.8, 4) is 5.75 Å². The Hall–Kier alpha value is -3.35. The number of ether oxygens (including phenoxy) is 2. The van der Waals surface area contributed by atoms with Crippen LogP contribution in [0, 0.1) is 12.8 Å². The SMILES string of the molecule is CCOc1ccccc1NC(=O)COC(=O)[C@H]1CC(=O)N(c2cccc(C)c2)C1. The molecule has 7 nitrogen and oxygen atoms in total. The van der Waals surface area contributed by atoms with Gasteiger partial charge in [-0.2, -0.15) is 0 Å². The van der Waals surface area contributed by atoms with Crippen LogP contribution in [0.25, 0.3) is 0 Å². The quantitative estimate of drug-likeness (QED) is 0.728. The molecule has 152 valence electrons. The molecule has 0 aliphatic carbocycles. The third kappa shape index (κ3) is 5.13. The van der Waals surface area contributed by atoms with E-state index in [0.29, 0.717) is 18.0 Å². The van der Waals surface area contributed by atoms with Gasteiger partial charge in [0, 0.05) is 18.7 Å². The Morgan fingerprint density at radius 1 is 1.17 bits per heavy atom. The van der Waals surface area contributed by atoms with Gasteiger partial charge in [0.2, 0.25) is 5.91 Å². The third-order valence-electron chi connectivity index (χ3n) is 4.58. The molecule has 0 saturated carbocycles. The lowest BCUT2D eigenvalue weighted by Crippen LogP contribution is -2.28. The minimum Gasteiger partial charge on any atom is -0.492 e. The normalized spacial score (nSPS) is 15.9. The summed E-state index contributed by atoms with van der Waals surface area (Å²) in [5.41, 5.74) is 2.30. The second-order valence-electron chi connectivity index (χ2n) is 6.83. The van der Waals surface area contributed by atoms with E-state index in [4.69, 9.17) is 9.47 Å². The highest BCUT2D eigenvalue weighted by molar-refractivity contribution is 6.00. The molecule has 0 spiro atoms. The molecule has 1 aliphatic rings. The second-order valence-corrected chi connectivity index (χ2v) is 6.83. The molecule has 1 aliphatic heterocycles. The molecule has 1 saturated heterocycles. The van der Waals surface area contributed by atoms with Crippen molar-refractivity contribution >= 4 is 29.2 Å². The summed E-state index contributed by atoms with van der Waals surface area (Å²) < 4.78 is 10.6. The number of nitrogens with zero attached hydrogens (tertiary/aromatic N) is 1. The number of carbonyl (C=O) groups is 3. The number of esters is 1. The predicted molar refractivity (Wildman–Crippen MR) is 109 cm³/mol. The van der Waals surface area contributed by atoms with Crippen LogP contribution in [0.3, 0.4) is 0 Å². The van der Waals surface area contributed by atoms with E-state index in [1.807, 2.05) is 38.1 Å². The number of amides is 2. The highest BCUT2D eigenvalue weighted by Gasteiger charge is 2.36. The maximum atomic E-state index is 12.4. The fraction of sp³-hybridized carbons (Fsp3) is 0.318. The number of carbonyl (C=O) groups excluding carboxylic acids is 3. The van der Waals surface area contributed by atoms with Crippen molar-refractivity contribution in [2.45, 2.75) is 20.3 Å². The summed E-state index contributed by atoms with van der Waals surface area (Å²) in [6, 6.07) is 14.6. The molecule has 1 N–H and O–H groups in total. The summed E-state index contributed by atoms with van der Waals surface area (Å²) in [6.07, 6.45) is 0.0710. The first-order valence-corrected chi connectivity index (χ1v) is 9.53. The number of hydrogen-bond acceptors (Lipinski definition) is 5. The molecule has 0 radical (unpaired) electrons. The summed E-state index contributed by atoms with van der Waals surface area (Å²) in [7, 11) is 0. The zero-order valence-electron chi connectivity index (χ0n) is 16.5. The highest BCUT2D eigenvalue weighted by Crippen LogP contribution is 2.27. The van der Waals surface area contributed by atoms with E-state index in [2.05, 4.69) is 5.32 Å². The van der Waals surface area contributed by atoms with E-state index in [-0.39, 0.29) is 18.9 Å². The molecule has 3 rings (SSSR count). The summed E-state index contributed by atoms with van der Waals surface area (Å²) in [5, 5.41) is 2.67. The zero-order chi connectivity index (χ0) is 20.8. The fourth-order valence-corrected chi connectivity index (χ4v) is 3.20. The maximum absolute atomic E-state index is 12.4. The van der Waals surface area contributed by atoms with E-state index < -0.39 is 24.4 Å². The van der Waals surface area contributed by atoms with Crippen LogP contribution >= 0.6 is 0 Å². The Kier molecular flexibility index (Phi) is 6.49. The van der Waals surface area contributed by atoms with E-state index >= 15 is 0 Å². The van der Waals surface area contributed by atoms with Gasteiger partial charge in [0.1, 0.15) is 5.75 Å². The number of hydrogen-bond donors (Lipinski definition) is 1. The number of nitrogens with one attached hydrogen (secondary N) is 1. The summed E-state index contributed by atoms with van der Waals surface area (Å²) in [4.78, 5) is 38.4. The van der Waals surface area contributed by atoms with Crippen LogP contribution in [0.2, 0.25) is 0 Å². The maximum Gasteiger partial charge on any atom is 0.311 e. The smallest absolute Gasteiger partial charge is 0.311 e. The predicted octanol–water partition coefficient (Wildman–Crippen LogP) is 2.93. The van der Waals surface area contributed by atoms with Gasteiger partial charge in [-0.15, -0.1) is 0 Å². The van der Waals surface area contributed by atoms with Crippen molar-refractivity contribution < 1.29 is 23.9 Å². The average molecular weight is 396 g/mol. The third-order valence-corrected chi connectivity index (χ3v) is 4.58. The lowest BCUT2D eigenvalue weighted by atomic mass is 10.1. The number of benzene rings is 2. The van der Waals surface area contributed by atoms with Gasteiger partial charge < -0.3 is 19.7 Å². The van der Waals surface area contributed by atoms with Crippen LogP contribution in [-0.2, 0) is 19.1 Å². The van der Waals surface area contributed by atoms with Crippen LogP contribution in [0.15, 0.2) is 48.5 Å². The average Bonchev–Trinajstić information content (AvgIpc) is 3.10. The van der Waals surface area contributed by atoms with Crippen LogP contribution in [0.1, 0.15) is 18.9 Å². The molecule has 0 unspecified atom stereocenters. The Bertz CT molecular complexity index is 912. The van der Waals surface area contributed by atoms with Crippen molar-refractivity contribution in [2.75, 3.05) is 30.0 Å². The largest absolute Gasteiger partial charge is 0.492 e. The minimum atomic E-state index is -0.591. The van der Waals surface area contributed by atoms with Crippen molar-refractivity contribution in [3.63, 3.8) is 0 Å². The van der Waals surface area contributed by atoms with E-state index in [1.54, 1.807) is 29.2 Å². The number of rotatable bonds is 7. The molecule has 1 heterocycles. The molecule has 1 fully saturated rings. The van der Waals surface area contributed by atoms with Crippen molar-refractivity contribution in [1.29, 1.82) is 0 Å². The van der Waals surface area contributed by atoms with Crippen LogP contribution < -0.4 is 15.0 Å². The zero-order valence-corrected chi connectivity index (χ0v) is 16.5. The molecule has 2 amide bonds. The molecular weight excluding hydrogens is 372 g/mol. The molecule has 0 aromatic heterocycles.